The lowest BCUT2D eigenvalue weighted by Gasteiger charge is -2.26. The summed E-state index contributed by atoms with van der Waals surface area (Å²) in [6, 6.07) is 12.8. The van der Waals surface area contributed by atoms with Crippen molar-refractivity contribution in [1.82, 2.24) is 4.98 Å². The van der Waals surface area contributed by atoms with Gasteiger partial charge in [0, 0.05) is 23.1 Å². The lowest BCUT2D eigenvalue weighted by molar-refractivity contribution is 0.0988. The molecule has 224 valence electrons. The third kappa shape index (κ3) is 5.62. The van der Waals surface area contributed by atoms with Crippen molar-refractivity contribution in [3.63, 3.8) is 0 Å². The highest BCUT2D eigenvalue weighted by Gasteiger charge is 2.34. The SMILES string of the molecule is CC(C)C(Oc1cc(CC(=O)c2ccc3c(c2)C(O)=C(C2=Nc4ncc(N)cc4CC2)C3=O)cc(C2=CC=CC2)c1)C(C)C. The summed E-state index contributed by atoms with van der Waals surface area (Å²) in [4.78, 5) is 35.9. The first-order valence-corrected chi connectivity index (χ1v) is 15.2. The number of nitrogen functional groups attached to an aromatic ring is 1. The maximum Gasteiger partial charge on any atom is 0.199 e. The average Bonchev–Trinajstić information content (AvgIpc) is 3.62. The molecule has 0 saturated heterocycles. The number of anilines is 1. The number of ketones is 2. The number of fused-ring (bicyclic) bond motifs is 2. The lowest BCUT2D eigenvalue weighted by atomic mass is 9.94. The lowest BCUT2D eigenvalue weighted by Crippen LogP contribution is -2.29. The fourth-order valence-electron chi connectivity index (χ4n) is 6.34. The van der Waals surface area contributed by atoms with E-state index in [0.717, 1.165) is 28.9 Å². The largest absolute Gasteiger partial charge is 0.506 e. The van der Waals surface area contributed by atoms with Crippen LogP contribution in [-0.2, 0) is 12.8 Å². The van der Waals surface area contributed by atoms with E-state index in [9.17, 15) is 14.7 Å². The first-order valence-electron chi connectivity index (χ1n) is 15.2. The Morgan fingerprint density at radius 2 is 1.82 bits per heavy atom. The number of aliphatic hydroxyl groups is 1. The van der Waals surface area contributed by atoms with Crippen LogP contribution in [0.5, 0.6) is 5.75 Å². The van der Waals surface area contributed by atoms with E-state index in [1.807, 2.05) is 18.2 Å². The second-order valence-corrected chi connectivity index (χ2v) is 12.5. The highest BCUT2D eigenvalue weighted by molar-refractivity contribution is 6.36. The minimum Gasteiger partial charge on any atom is -0.506 e. The highest BCUT2D eigenvalue weighted by Crippen LogP contribution is 2.37. The molecule has 0 spiro atoms. The quantitative estimate of drug-likeness (QED) is 0.248. The number of allylic oxidation sites excluding steroid dienone is 5. The van der Waals surface area contributed by atoms with Gasteiger partial charge in [-0.2, -0.15) is 0 Å². The third-order valence-electron chi connectivity index (χ3n) is 8.49. The minimum atomic E-state index is -0.299. The van der Waals surface area contributed by atoms with Crippen LogP contribution in [0.2, 0.25) is 0 Å². The van der Waals surface area contributed by atoms with E-state index in [0.29, 0.717) is 58.6 Å². The average molecular weight is 588 g/mol. The number of rotatable bonds is 9. The molecule has 7 nitrogen and oxygen atoms in total. The number of benzene rings is 2. The third-order valence-corrected chi connectivity index (χ3v) is 8.49. The van der Waals surface area contributed by atoms with Crippen LogP contribution in [0.3, 0.4) is 0 Å². The number of pyridine rings is 1. The molecular weight excluding hydrogens is 550 g/mol. The van der Waals surface area contributed by atoms with Crippen molar-refractivity contribution in [1.29, 1.82) is 0 Å². The fourth-order valence-corrected chi connectivity index (χ4v) is 6.34. The van der Waals surface area contributed by atoms with Crippen molar-refractivity contribution in [3.8, 4) is 5.75 Å². The van der Waals surface area contributed by atoms with Crippen LogP contribution >= 0.6 is 0 Å². The first-order chi connectivity index (χ1) is 21.1. The molecule has 0 fully saturated rings. The number of aromatic nitrogens is 1. The molecule has 0 radical (unpaired) electrons. The van der Waals surface area contributed by atoms with Gasteiger partial charge < -0.3 is 15.6 Å². The zero-order valence-electron chi connectivity index (χ0n) is 25.6. The Bertz CT molecular complexity index is 1800. The molecule has 0 bridgehead atoms. The van der Waals surface area contributed by atoms with E-state index in [4.69, 9.17) is 10.5 Å². The number of nitrogens with zero attached hydrogens (tertiary/aromatic N) is 2. The molecule has 44 heavy (non-hydrogen) atoms. The van der Waals surface area contributed by atoms with Gasteiger partial charge in [-0.05, 0) is 83.7 Å². The number of aryl methyl sites for hydroxylation is 1. The number of carbonyl (C=O) groups is 2. The van der Waals surface area contributed by atoms with Gasteiger partial charge in [-0.3, -0.25) is 9.59 Å². The molecule has 7 heteroatoms. The zero-order chi connectivity index (χ0) is 31.1. The van der Waals surface area contributed by atoms with Crippen molar-refractivity contribution in [2.45, 2.75) is 59.5 Å². The summed E-state index contributed by atoms with van der Waals surface area (Å²) in [7, 11) is 0. The summed E-state index contributed by atoms with van der Waals surface area (Å²) in [5.74, 6) is 1.36. The van der Waals surface area contributed by atoms with E-state index in [-0.39, 0.29) is 35.4 Å². The summed E-state index contributed by atoms with van der Waals surface area (Å²) in [6.45, 7) is 8.62. The summed E-state index contributed by atoms with van der Waals surface area (Å²) < 4.78 is 6.49. The fraction of sp³-hybridized carbons (Fsp3) is 0.297. The molecule has 3 N–H and O–H groups in total. The van der Waals surface area contributed by atoms with Gasteiger partial charge in [0.15, 0.2) is 17.4 Å². The Kier molecular flexibility index (Phi) is 7.80. The van der Waals surface area contributed by atoms with E-state index < -0.39 is 0 Å². The Labute approximate surface area is 257 Å². The number of carbonyl (C=O) groups excluding carboxylic acids is 2. The van der Waals surface area contributed by atoms with E-state index in [1.165, 1.54) is 11.8 Å². The standard InChI is InChI=1S/C37H37N3O4/c1-20(2)36(21(3)4)44-28-14-22(13-26(17-28)23-7-5-6-8-23)15-32(41)24-9-11-29-30(18-24)35(43)33(34(29)42)31-12-10-25-16-27(38)19-39-37(25)40-31/h5-7,9,11,13-14,16-21,36,43H,8,10,12,15,38H2,1-4H3. The van der Waals surface area contributed by atoms with Crippen molar-refractivity contribution in [3.05, 3.63) is 106 Å². The molecule has 2 heterocycles. The molecule has 6 rings (SSSR count). The van der Waals surface area contributed by atoms with Gasteiger partial charge >= 0.3 is 0 Å². The monoisotopic (exact) mass is 587 g/mol. The van der Waals surface area contributed by atoms with Crippen LogP contribution in [0.4, 0.5) is 11.5 Å². The molecular formula is C37H37N3O4. The predicted octanol–water partition coefficient (Wildman–Crippen LogP) is 7.68. The number of Topliss-reactive ketones (excluding diaryl/α,β-unsaturated/α-hetero) is 2. The van der Waals surface area contributed by atoms with Gasteiger partial charge in [-0.15, -0.1) is 0 Å². The van der Waals surface area contributed by atoms with E-state index in [2.05, 4.69) is 62.0 Å². The van der Waals surface area contributed by atoms with Crippen LogP contribution < -0.4 is 10.5 Å². The van der Waals surface area contributed by atoms with Crippen molar-refractivity contribution < 1.29 is 19.4 Å². The smallest absolute Gasteiger partial charge is 0.199 e. The number of nitrogens with two attached hydrogens (primary N) is 1. The molecule has 3 aliphatic rings. The number of ether oxygens (including phenoxy) is 1. The van der Waals surface area contributed by atoms with E-state index in [1.54, 1.807) is 18.2 Å². The second kappa shape index (κ2) is 11.7. The first kappa shape index (κ1) is 29.3. The van der Waals surface area contributed by atoms with Crippen molar-refractivity contribution in [2.75, 3.05) is 5.73 Å². The molecule has 0 amide bonds. The molecule has 1 aromatic heterocycles. The molecule has 2 aliphatic carbocycles. The molecule has 3 aromatic rings. The van der Waals surface area contributed by atoms with E-state index >= 15 is 0 Å². The predicted molar refractivity (Wildman–Crippen MR) is 175 cm³/mol. The summed E-state index contributed by atoms with van der Waals surface area (Å²) in [5.41, 5.74) is 12.2. The van der Waals surface area contributed by atoms with Crippen molar-refractivity contribution in [2.24, 2.45) is 16.8 Å². The molecule has 0 unspecified atom stereocenters. The van der Waals surface area contributed by atoms with Crippen LogP contribution in [0.1, 0.15) is 83.5 Å². The summed E-state index contributed by atoms with van der Waals surface area (Å²) in [6.07, 6.45) is 9.90. The highest BCUT2D eigenvalue weighted by atomic mass is 16.5. The Hall–Kier alpha value is -4.78. The number of hydrogen-bond donors (Lipinski definition) is 2. The minimum absolute atomic E-state index is 0.0406. The van der Waals surface area contributed by atoms with Gasteiger partial charge in [0.1, 0.15) is 17.6 Å². The Morgan fingerprint density at radius 3 is 2.55 bits per heavy atom. The van der Waals surface area contributed by atoms with Crippen LogP contribution in [0.15, 0.2) is 77.5 Å². The normalized spacial score (nSPS) is 15.7. The maximum absolute atomic E-state index is 13.6. The maximum atomic E-state index is 13.6. The van der Waals surface area contributed by atoms with Crippen LogP contribution in [0.25, 0.3) is 11.3 Å². The number of aliphatic imine (C=N–C) groups is 1. The summed E-state index contributed by atoms with van der Waals surface area (Å²) >= 11 is 0. The zero-order valence-corrected chi connectivity index (χ0v) is 25.6. The van der Waals surface area contributed by atoms with Gasteiger partial charge in [0.2, 0.25) is 0 Å². The van der Waals surface area contributed by atoms with Gasteiger partial charge in [0.25, 0.3) is 0 Å². The Morgan fingerprint density at radius 1 is 1.02 bits per heavy atom. The van der Waals surface area contributed by atoms with Crippen LogP contribution in [-0.4, -0.2) is 33.5 Å². The second-order valence-electron chi connectivity index (χ2n) is 12.5. The Balaban J connectivity index is 1.29. The molecule has 0 saturated carbocycles. The van der Waals surface area contributed by atoms with Crippen molar-refractivity contribution >= 4 is 40.1 Å². The number of hydrogen-bond acceptors (Lipinski definition) is 7. The summed E-state index contributed by atoms with van der Waals surface area (Å²) in [5, 5.41) is 11.2. The van der Waals surface area contributed by atoms with Gasteiger partial charge in [-0.25, -0.2) is 9.98 Å². The van der Waals surface area contributed by atoms with Gasteiger partial charge in [-0.1, -0.05) is 58.1 Å². The topological polar surface area (TPSA) is 115 Å². The molecule has 2 aromatic carbocycles. The number of aliphatic hydroxyl groups excluding tert-OH is 1. The molecule has 0 atom stereocenters. The van der Waals surface area contributed by atoms with Crippen LogP contribution in [0, 0.1) is 11.8 Å². The molecule has 1 aliphatic heterocycles. The van der Waals surface area contributed by atoms with Gasteiger partial charge in [0.05, 0.1) is 23.2 Å².